The Hall–Kier alpha value is -0.850. The molecule has 0 heterocycles. The van der Waals surface area contributed by atoms with Crippen LogP contribution in [0, 0.1) is 5.82 Å². The summed E-state index contributed by atoms with van der Waals surface area (Å²) in [4.78, 5) is 0. The van der Waals surface area contributed by atoms with Gasteiger partial charge in [-0.2, -0.15) is 0 Å². The summed E-state index contributed by atoms with van der Waals surface area (Å²) in [6.07, 6.45) is 7.98. The van der Waals surface area contributed by atoms with Crippen LogP contribution >= 0.6 is 0 Å². The van der Waals surface area contributed by atoms with Gasteiger partial charge in [0.1, 0.15) is 5.82 Å². The molecule has 1 aromatic rings. The first-order valence-electron chi connectivity index (χ1n) is 5.62. The number of rotatable bonds is 1. The standard InChI is InChI=1S/C13H17F/c14-13-9-7-12(8-10-13)11-5-3-1-2-4-6-11/h7-11H,1-6H2. The van der Waals surface area contributed by atoms with E-state index >= 15 is 0 Å². The zero-order valence-electron chi connectivity index (χ0n) is 8.51. The average molecular weight is 192 g/mol. The first-order chi connectivity index (χ1) is 6.86. The largest absolute Gasteiger partial charge is 0.207 e. The minimum absolute atomic E-state index is 0.123. The van der Waals surface area contributed by atoms with Crippen molar-refractivity contribution >= 4 is 0 Å². The summed E-state index contributed by atoms with van der Waals surface area (Å²) in [6.45, 7) is 0. The van der Waals surface area contributed by atoms with Gasteiger partial charge in [-0.3, -0.25) is 0 Å². The van der Waals surface area contributed by atoms with Crippen molar-refractivity contribution in [1.29, 1.82) is 0 Å². The van der Waals surface area contributed by atoms with Gasteiger partial charge in [0, 0.05) is 0 Å². The van der Waals surface area contributed by atoms with Gasteiger partial charge in [0.25, 0.3) is 0 Å². The molecule has 1 aliphatic carbocycles. The van der Waals surface area contributed by atoms with Crippen molar-refractivity contribution in [1.82, 2.24) is 0 Å². The number of hydrogen-bond acceptors (Lipinski definition) is 0. The second kappa shape index (κ2) is 4.59. The minimum Gasteiger partial charge on any atom is -0.207 e. The Morgan fingerprint density at radius 2 is 1.43 bits per heavy atom. The molecule has 0 aliphatic heterocycles. The van der Waals surface area contributed by atoms with Gasteiger partial charge in [0.2, 0.25) is 0 Å². The van der Waals surface area contributed by atoms with E-state index in [9.17, 15) is 4.39 Å². The molecular weight excluding hydrogens is 175 g/mol. The van der Waals surface area contributed by atoms with E-state index in [1.165, 1.54) is 44.1 Å². The van der Waals surface area contributed by atoms with Crippen LogP contribution < -0.4 is 0 Å². The van der Waals surface area contributed by atoms with Crippen LogP contribution in [0.3, 0.4) is 0 Å². The zero-order valence-corrected chi connectivity index (χ0v) is 8.51. The van der Waals surface area contributed by atoms with Gasteiger partial charge in [0.15, 0.2) is 0 Å². The number of halogens is 1. The second-order valence-electron chi connectivity index (χ2n) is 4.24. The zero-order chi connectivity index (χ0) is 9.80. The van der Waals surface area contributed by atoms with Crippen molar-refractivity contribution in [3.63, 3.8) is 0 Å². The van der Waals surface area contributed by atoms with Gasteiger partial charge < -0.3 is 0 Å². The highest BCUT2D eigenvalue weighted by Gasteiger charge is 2.13. The van der Waals surface area contributed by atoms with Gasteiger partial charge in [-0.05, 0) is 36.5 Å². The van der Waals surface area contributed by atoms with E-state index in [-0.39, 0.29) is 5.82 Å². The summed E-state index contributed by atoms with van der Waals surface area (Å²) in [6, 6.07) is 7.07. The van der Waals surface area contributed by atoms with Gasteiger partial charge >= 0.3 is 0 Å². The minimum atomic E-state index is -0.123. The topological polar surface area (TPSA) is 0 Å². The summed E-state index contributed by atoms with van der Waals surface area (Å²) in [5.74, 6) is 0.556. The Balaban J connectivity index is 2.08. The summed E-state index contributed by atoms with van der Waals surface area (Å²) in [5, 5.41) is 0. The lowest BCUT2D eigenvalue weighted by molar-refractivity contribution is 0.587. The van der Waals surface area contributed by atoms with Crippen molar-refractivity contribution in [2.75, 3.05) is 0 Å². The maximum Gasteiger partial charge on any atom is 0.123 e. The lowest BCUT2D eigenvalue weighted by atomic mass is 9.92. The fraction of sp³-hybridized carbons (Fsp3) is 0.538. The van der Waals surface area contributed by atoms with Crippen molar-refractivity contribution < 1.29 is 4.39 Å². The Kier molecular flexibility index (Phi) is 3.18. The van der Waals surface area contributed by atoms with E-state index in [4.69, 9.17) is 0 Å². The van der Waals surface area contributed by atoms with E-state index in [2.05, 4.69) is 0 Å². The van der Waals surface area contributed by atoms with Crippen LogP contribution in [0.2, 0.25) is 0 Å². The molecule has 1 fully saturated rings. The molecule has 0 atom stereocenters. The quantitative estimate of drug-likeness (QED) is 0.583. The molecule has 0 aromatic heterocycles. The van der Waals surface area contributed by atoms with Gasteiger partial charge in [-0.25, -0.2) is 4.39 Å². The maximum absolute atomic E-state index is 12.7. The van der Waals surface area contributed by atoms with E-state index < -0.39 is 0 Å². The van der Waals surface area contributed by atoms with E-state index in [1.807, 2.05) is 12.1 Å². The highest BCUT2D eigenvalue weighted by atomic mass is 19.1. The molecule has 76 valence electrons. The highest BCUT2D eigenvalue weighted by molar-refractivity contribution is 5.20. The third-order valence-corrected chi connectivity index (χ3v) is 3.20. The van der Waals surface area contributed by atoms with E-state index in [0.29, 0.717) is 5.92 Å². The normalized spacial score (nSPS) is 19.2. The van der Waals surface area contributed by atoms with Crippen LogP contribution in [0.25, 0.3) is 0 Å². The summed E-state index contributed by atoms with van der Waals surface area (Å²) in [5.41, 5.74) is 1.33. The predicted octanol–water partition coefficient (Wildman–Crippen LogP) is 4.26. The fourth-order valence-electron chi connectivity index (χ4n) is 2.35. The van der Waals surface area contributed by atoms with Gasteiger partial charge in [-0.15, -0.1) is 0 Å². The molecule has 1 aromatic carbocycles. The molecular formula is C13H17F. The lowest BCUT2D eigenvalue weighted by Crippen LogP contribution is -1.96. The molecule has 0 saturated heterocycles. The van der Waals surface area contributed by atoms with E-state index in [0.717, 1.165) is 0 Å². The van der Waals surface area contributed by atoms with Crippen LogP contribution in [-0.2, 0) is 0 Å². The fourth-order valence-corrected chi connectivity index (χ4v) is 2.35. The van der Waals surface area contributed by atoms with Crippen LogP contribution in [0.5, 0.6) is 0 Å². The van der Waals surface area contributed by atoms with Crippen LogP contribution in [-0.4, -0.2) is 0 Å². The Morgan fingerprint density at radius 1 is 0.857 bits per heavy atom. The molecule has 2 rings (SSSR count). The summed E-state index contributed by atoms with van der Waals surface area (Å²) >= 11 is 0. The first kappa shape index (κ1) is 9.70. The third kappa shape index (κ3) is 2.34. The molecule has 0 radical (unpaired) electrons. The Labute approximate surface area is 85.1 Å². The van der Waals surface area contributed by atoms with Crippen LogP contribution in [0.1, 0.15) is 50.0 Å². The molecule has 0 nitrogen and oxygen atoms in total. The van der Waals surface area contributed by atoms with Gasteiger partial charge in [0.05, 0.1) is 0 Å². The van der Waals surface area contributed by atoms with Crippen LogP contribution in [0.4, 0.5) is 4.39 Å². The van der Waals surface area contributed by atoms with Crippen molar-refractivity contribution in [3.05, 3.63) is 35.6 Å². The molecule has 1 saturated carbocycles. The Bertz CT molecular complexity index is 268. The average Bonchev–Trinajstić information content (AvgIpc) is 2.47. The van der Waals surface area contributed by atoms with Crippen molar-refractivity contribution in [2.45, 2.75) is 44.4 Å². The predicted molar refractivity (Wildman–Crippen MR) is 56.8 cm³/mol. The summed E-state index contributed by atoms with van der Waals surface area (Å²) < 4.78 is 12.7. The molecule has 0 unspecified atom stereocenters. The third-order valence-electron chi connectivity index (χ3n) is 3.20. The molecule has 14 heavy (non-hydrogen) atoms. The molecule has 1 aliphatic rings. The first-order valence-corrected chi connectivity index (χ1v) is 5.62. The Morgan fingerprint density at radius 3 is 2.00 bits per heavy atom. The molecule has 0 spiro atoms. The second-order valence-corrected chi connectivity index (χ2v) is 4.24. The SMILES string of the molecule is Fc1ccc(C2CCCCCC2)cc1. The summed E-state index contributed by atoms with van der Waals surface area (Å²) in [7, 11) is 0. The smallest absolute Gasteiger partial charge is 0.123 e. The molecule has 0 N–H and O–H groups in total. The number of hydrogen-bond donors (Lipinski definition) is 0. The molecule has 1 heteroatoms. The van der Waals surface area contributed by atoms with Crippen LogP contribution in [0.15, 0.2) is 24.3 Å². The van der Waals surface area contributed by atoms with E-state index in [1.54, 1.807) is 12.1 Å². The molecule has 0 bridgehead atoms. The lowest BCUT2D eigenvalue weighted by Gasteiger charge is -2.13. The van der Waals surface area contributed by atoms with Crippen molar-refractivity contribution in [3.8, 4) is 0 Å². The highest BCUT2D eigenvalue weighted by Crippen LogP contribution is 2.31. The van der Waals surface area contributed by atoms with Crippen molar-refractivity contribution in [2.24, 2.45) is 0 Å². The number of benzene rings is 1. The maximum atomic E-state index is 12.7. The molecule has 0 amide bonds. The van der Waals surface area contributed by atoms with Gasteiger partial charge in [-0.1, -0.05) is 37.8 Å². The monoisotopic (exact) mass is 192 g/mol.